The van der Waals surface area contributed by atoms with E-state index < -0.39 is 11.6 Å². The van der Waals surface area contributed by atoms with Crippen LogP contribution in [0.25, 0.3) is 22.3 Å². The van der Waals surface area contributed by atoms with Crippen molar-refractivity contribution in [2.24, 2.45) is 0 Å². The average Bonchev–Trinajstić information content (AvgIpc) is 3.10. The first kappa shape index (κ1) is 24.7. The molecule has 5 rings (SSSR count). The summed E-state index contributed by atoms with van der Waals surface area (Å²) in [4.78, 5) is 32.3. The van der Waals surface area contributed by atoms with Gasteiger partial charge in [-0.25, -0.2) is 9.78 Å². The molecule has 0 spiro atoms. The number of phenolic OH excluding ortho intramolecular Hbond substituents is 1. The van der Waals surface area contributed by atoms with Crippen LogP contribution in [0, 0.1) is 0 Å². The average molecular weight is 474 g/mol. The Morgan fingerprint density at radius 1 is 1.24 bits per heavy atom. The number of pyridine rings is 2. The number of rotatable bonds is 3. The smallest absolute Gasteiger partial charge is 0.343 e. The summed E-state index contributed by atoms with van der Waals surface area (Å²) in [5.41, 5.74) is 2.03. The van der Waals surface area contributed by atoms with Gasteiger partial charge in [0.15, 0.2) is 5.60 Å². The number of carbonyl (C=O) groups excluding carboxylic acids is 1. The molecule has 0 saturated carbocycles. The highest BCUT2D eigenvalue weighted by atomic mass is 35.5. The third kappa shape index (κ3) is 3.49. The van der Waals surface area contributed by atoms with E-state index in [9.17, 15) is 19.8 Å². The minimum atomic E-state index is -1.84. The van der Waals surface area contributed by atoms with Gasteiger partial charge in [-0.05, 0) is 44.8 Å². The first-order valence-corrected chi connectivity index (χ1v) is 10.2. The maximum absolute atomic E-state index is 13.2. The zero-order valence-corrected chi connectivity index (χ0v) is 18.8. The molecule has 0 fully saturated rings. The quantitative estimate of drug-likeness (QED) is 0.441. The number of phenols is 1. The number of hydrogen-bond donors (Lipinski definition) is 2. The van der Waals surface area contributed by atoms with Gasteiger partial charge in [-0.1, -0.05) is 14.4 Å². The van der Waals surface area contributed by atoms with Crippen molar-refractivity contribution in [3.8, 4) is 17.1 Å². The molecule has 8 nitrogen and oxygen atoms in total. The van der Waals surface area contributed by atoms with Gasteiger partial charge in [0.25, 0.3) is 5.56 Å². The molecule has 0 radical (unpaired) electrons. The molecule has 2 aromatic heterocycles. The number of aromatic hydroxyl groups is 1. The van der Waals surface area contributed by atoms with Crippen LogP contribution < -0.4 is 5.56 Å². The van der Waals surface area contributed by atoms with Crippen LogP contribution in [0.4, 0.5) is 0 Å². The van der Waals surface area contributed by atoms with Crippen molar-refractivity contribution in [2.75, 3.05) is 14.1 Å². The van der Waals surface area contributed by atoms with Crippen LogP contribution in [0.1, 0.15) is 43.0 Å². The van der Waals surface area contributed by atoms with Gasteiger partial charge >= 0.3 is 5.97 Å². The summed E-state index contributed by atoms with van der Waals surface area (Å²) >= 11 is 0. The number of cyclic esters (lactones) is 1. The van der Waals surface area contributed by atoms with Gasteiger partial charge in [0.05, 0.1) is 29.0 Å². The molecule has 0 aliphatic carbocycles. The fraction of sp³-hybridized carbons (Fsp3) is 0.375. The first-order valence-electron chi connectivity index (χ1n) is 10.2. The van der Waals surface area contributed by atoms with Crippen LogP contribution in [0.2, 0.25) is 0 Å². The number of halogens is 1. The molecule has 1 aromatic carbocycles. The number of carbonyl (C=O) groups is 1. The normalized spacial score (nSPS) is 18.2. The lowest BCUT2D eigenvalue weighted by Crippen LogP contribution is -2.44. The molecule has 2 N–H and O–H groups in total. The van der Waals surface area contributed by atoms with Crippen LogP contribution in [-0.4, -0.2) is 44.7 Å². The Balaban J connectivity index is 0.00000153. The molecular weight excluding hydrogens is 446 g/mol. The van der Waals surface area contributed by atoms with E-state index in [1.807, 2.05) is 25.1 Å². The van der Waals surface area contributed by atoms with Crippen LogP contribution in [-0.2, 0) is 34.8 Å². The summed E-state index contributed by atoms with van der Waals surface area (Å²) in [5.74, 6) is -0.532. The van der Waals surface area contributed by atoms with Gasteiger partial charge in [-0.3, -0.25) is 4.79 Å². The highest BCUT2D eigenvalue weighted by molar-refractivity contribution is 5.89. The number of aliphatic hydroxyl groups is 1. The van der Waals surface area contributed by atoms with Crippen molar-refractivity contribution < 1.29 is 19.7 Å². The van der Waals surface area contributed by atoms with E-state index >= 15 is 0 Å². The minimum absolute atomic E-state index is 0. The molecule has 4 heterocycles. The minimum Gasteiger partial charge on any atom is -0.508 e. The van der Waals surface area contributed by atoms with E-state index in [4.69, 9.17) is 9.72 Å². The summed E-state index contributed by atoms with van der Waals surface area (Å²) in [5, 5.41) is 22.2. The van der Waals surface area contributed by atoms with Gasteiger partial charge in [0.1, 0.15) is 12.4 Å². The lowest BCUT2D eigenvalue weighted by atomic mass is 9.86. The van der Waals surface area contributed by atoms with E-state index in [1.165, 1.54) is 0 Å². The van der Waals surface area contributed by atoms with Gasteiger partial charge in [0, 0.05) is 28.6 Å². The van der Waals surface area contributed by atoms with Gasteiger partial charge in [0.2, 0.25) is 0 Å². The summed E-state index contributed by atoms with van der Waals surface area (Å²) < 4.78 is 6.71. The fourth-order valence-electron chi connectivity index (χ4n) is 4.58. The molecular formula is C24H28ClN3O5. The Bertz CT molecular complexity index is 1330. The second-order valence-electron chi connectivity index (χ2n) is 8.47. The maximum atomic E-state index is 13.2. The Morgan fingerprint density at radius 3 is 2.64 bits per heavy atom. The van der Waals surface area contributed by atoms with Crippen molar-refractivity contribution >= 4 is 29.3 Å². The summed E-state index contributed by atoms with van der Waals surface area (Å²) in [6.07, 6.45) is 0.104. The molecule has 2 aliphatic heterocycles. The third-order valence-electron chi connectivity index (χ3n) is 6.25. The molecule has 0 saturated heterocycles. The van der Waals surface area contributed by atoms with Crippen molar-refractivity contribution in [2.45, 2.75) is 46.1 Å². The Morgan fingerprint density at radius 2 is 1.97 bits per heavy atom. The number of nitrogens with zero attached hydrogens (tertiary/aromatic N) is 3. The monoisotopic (exact) mass is 473 g/mol. The number of aromatic nitrogens is 2. The second-order valence-corrected chi connectivity index (χ2v) is 8.47. The van der Waals surface area contributed by atoms with E-state index in [0.717, 1.165) is 16.5 Å². The van der Waals surface area contributed by atoms with E-state index in [-0.39, 0.29) is 44.2 Å². The van der Waals surface area contributed by atoms with Crippen molar-refractivity contribution in [1.29, 1.82) is 0 Å². The highest BCUT2D eigenvalue weighted by Crippen LogP contribution is 2.39. The Hall–Kier alpha value is -2.94. The third-order valence-corrected chi connectivity index (χ3v) is 6.25. The molecule has 2 aliphatic rings. The van der Waals surface area contributed by atoms with Crippen LogP contribution >= 0.6 is 12.4 Å². The zero-order chi connectivity index (χ0) is 22.1. The van der Waals surface area contributed by atoms with Crippen molar-refractivity contribution in [3.05, 3.63) is 56.9 Å². The molecule has 0 unspecified atom stereocenters. The number of benzene rings is 1. The first-order chi connectivity index (χ1) is 14.7. The maximum Gasteiger partial charge on any atom is 0.343 e. The van der Waals surface area contributed by atoms with Gasteiger partial charge in [-0.15, -0.1) is 12.4 Å². The van der Waals surface area contributed by atoms with Crippen molar-refractivity contribution in [1.82, 2.24) is 14.5 Å². The predicted octanol–water partition coefficient (Wildman–Crippen LogP) is 2.90. The number of esters is 1. The summed E-state index contributed by atoms with van der Waals surface area (Å²) in [6.45, 7) is 2.41. The zero-order valence-electron chi connectivity index (χ0n) is 18.0. The van der Waals surface area contributed by atoms with Gasteiger partial charge in [-0.2, -0.15) is 0 Å². The molecule has 0 amide bonds. The Kier molecular flexibility index (Phi) is 6.32. The van der Waals surface area contributed by atoms with E-state index in [2.05, 4.69) is 0 Å². The van der Waals surface area contributed by atoms with Crippen LogP contribution in [0.15, 0.2) is 29.1 Å². The molecule has 176 valence electrons. The fourth-order valence-corrected chi connectivity index (χ4v) is 4.58. The number of hydrogen-bond acceptors (Lipinski definition) is 7. The summed E-state index contributed by atoms with van der Waals surface area (Å²) in [6, 6.07) is 7.05. The van der Waals surface area contributed by atoms with Crippen LogP contribution in [0.3, 0.4) is 0 Å². The number of ether oxygens (including phenoxy) is 1. The van der Waals surface area contributed by atoms with E-state index in [1.54, 1.807) is 29.7 Å². The highest BCUT2D eigenvalue weighted by Gasteiger charge is 2.45. The standard InChI is InChI=1S/C23H23N3O5.CH4.ClH/c1-4-23(30)16-8-18-20-12(9-26(18)21(28)15(16)11-31-22(23)29)7-13-14(10-25(2)3)19(27)6-5-17(13)24-20;;/h5-8,27,30H,4,9-11H2,1-3H3;1H4;1H/t23-;;/m0../s1. The topological polar surface area (TPSA) is 105 Å². The molecule has 33 heavy (non-hydrogen) atoms. The lowest BCUT2D eigenvalue weighted by molar-refractivity contribution is -0.172. The van der Waals surface area contributed by atoms with Crippen molar-refractivity contribution in [3.63, 3.8) is 0 Å². The molecule has 1 atom stereocenters. The second kappa shape index (κ2) is 8.44. The lowest BCUT2D eigenvalue weighted by Gasteiger charge is -2.31. The van der Waals surface area contributed by atoms with Crippen LogP contribution in [0.5, 0.6) is 5.75 Å². The summed E-state index contributed by atoms with van der Waals surface area (Å²) in [7, 11) is 3.86. The molecule has 3 aromatic rings. The number of fused-ring (bicyclic) bond motifs is 5. The molecule has 9 heteroatoms. The Labute approximate surface area is 197 Å². The van der Waals surface area contributed by atoms with E-state index in [0.29, 0.717) is 41.1 Å². The predicted molar refractivity (Wildman–Crippen MR) is 128 cm³/mol. The molecule has 0 bridgehead atoms. The van der Waals surface area contributed by atoms with Gasteiger partial charge < -0.3 is 24.4 Å². The largest absolute Gasteiger partial charge is 0.508 e. The SMILES string of the molecule is C.CC[C@@]1(O)C(=O)OCc2c1cc1n(c2=O)Cc2cc3c(CN(C)C)c(O)ccc3nc2-1.Cl.